The lowest BCUT2D eigenvalue weighted by Crippen LogP contribution is -2.62. The van der Waals surface area contributed by atoms with Crippen LogP contribution in [0.3, 0.4) is 0 Å². The molecule has 2 N–H and O–H groups in total. The zero-order chi connectivity index (χ0) is 21.7. The summed E-state index contributed by atoms with van der Waals surface area (Å²) in [5, 5.41) is 7.32. The van der Waals surface area contributed by atoms with Gasteiger partial charge in [0, 0.05) is 44.2 Å². The third kappa shape index (κ3) is 5.54. The van der Waals surface area contributed by atoms with Crippen LogP contribution in [0.25, 0.3) is 0 Å². The highest BCUT2D eigenvalue weighted by molar-refractivity contribution is 5.81. The molecule has 31 heavy (non-hydrogen) atoms. The second-order valence-corrected chi connectivity index (χ2v) is 10.4. The summed E-state index contributed by atoms with van der Waals surface area (Å²) in [5.74, 6) is 1.57. The van der Waals surface area contributed by atoms with Gasteiger partial charge in [-0.3, -0.25) is 14.7 Å². The van der Waals surface area contributed by atoms with Crippen LogP contribution in [0.2, 0.25) is 0 Å². The molecule has 0 radical (unpaired) electrons. The van der Waals surface area contributed by atoms with Crippen LogP contribution in [0, 0.1) is 5.92 Å². The summed E-state index contributed by atoms with van der Waals surface area (Å²) in [6.07, 6.45) is 12.1. The van der Waals surface area contributed by atoms with Crippen molar-refractivity contribution < 1.29 is 4.79 Å². The van der Waals surface area contributed by atoms with Gasteiger partial charge in [-0.1, -0.05) is 19.3 Å². The van der Waals surface area contributed by atoms with Crippen molar-refractivity contribution in [3.63, 3.8) is 0 Å². The van der Waals surface area contributed by atoms with Gasteiger partial charge >= 0.3 is 0 Å². The molecule has 1 saturated carbocycles. The Morgan fingerprint density at radius 2 is 1.68 bits per heavy atom. The van der Waals surface area contributed by atoms with E-state index in [1.165, 1.54) is 71.1 Å². The molecule has 1 unspecified atom stereocenters. The first-order valence-electron chi connectivity index (χ1n) is 12.8. The fraction of sp³-hybridized carbons (Fsp3) is 0.917. The van der Waals surface area contributed by atoms with Crippen molar-refractivity contribution in [2.75, 3.05) is 59.9 Å². The average Bonchev–Trinajstić information content (AvgIpc) is 3.51. The van der Waals surface area contributed by atoms with Crippen LogP contribution in [0.1, 0.15) is 64.2 Å². The van der Waals surface area contributed by atoms with E-state index in [0.717, 1.165) is 44.9 Å². The van der Waals surface area contributed by atoms with Crippen LogP contribution < -0.4 is 10.6 Å². The van der Waals surface area contributed by atoms with E-state index in [0.29, 0.717) is 11.9 Å². The number of rotatable bonds is 5. The number of piperidine rings is 2. The van der Waals surface area contributed by atoms with Crippen LogP contribution in [-0.4, -0.2) is 98.1 Å². The Morgan fingerprint density at radius 1 is 0.968 bits per heavy atom. The summed E-state index contributed by atoms with van der Waals surface area (Å²) in [6, 6.07) is 0.306. The summed E-state index contributed by atoms with van der Waals surface area (Å²) in [6.45, 7) is 7.47. The number of amides is 1. The average molecular weight is 433 g/mol. The number of nitrogens with zero attached hydrogens (tertiary/aromatic N) is 4. The number of carbonyl (C=O) groups is 1. The van der Waals surface area contributed by atoms with E-state index in [9.17, 15) is 4.79 Å². The lowest BCUT2D eigenvalue weighted by atomic mass is 9.84. The molecule has 4 fully saturated rings. The predicted octanol–water partition coefficient (Wildman–Crippen LogP) is 1.89. The molecule has 0 bridgehead atoms. The molecule has 4 rings (SSSR count). The second kappa shape index (κ2) is 10.5. The van der Waals surface area contributed by atoms with Crippen LogP contribution in [-0.2, 0) is 4.79 Å². The van der Waals surface area contributed by atoms with E-state index in [4.69, 9.17) is 0 Å². The first-order valence-corrected chi connectivity index (χ1v) is 12.8. The van der Waals surface area contributed by atoms with E-state index in [2.05, 4.69) is 37.4 Å². The quantitative estimate of drug-likeness (QED) is 0.513. The van der Waals surface area contributed by atoms with Crippen molar-refractivity contribution in [3.8, 4) is 0 Å². The molecular formula is C24H44N6O. The van der Waals surface area contributed by atoms with Gasteiger partial charge in [0.15, 0.2) is 5.96 Å². The molecule has 3 aliphatic heterocycles. The summed E-state index contributed by atoms with van der Waals surface area (Å²) in [5.41, 5.74) is 0.241. The molecule has 0 aromatic carbocycles. The Balaban J connectivity index is 1.30. The lowest BCUT2D eigenvalue weighted by molar-refractivity contribution is -0.134. The third-order valence-electron chi connectivity index (χ3n) is 8.30. The van der Waals surface area contributed by atoms with Gasteiger partial charge in [0.1, 0.15) is 0 Å². The van der Waals surface area contributed by atoms with Gasteiger partial charge in [-0.25, -0.2) is 0 Å². The maximum atomic E-state index is 12.8. The molecule has 0 spiro atoms. The van der Waals surface area contributed by atoms with Gasteiger partial charge in [0.05, 0.1) is 0 Å². The predicted molar refractivity (Wildman–Crippen MR) is 126 cm³/mol. The van der Waals surface area contributed by atoms with Crippen molar-refractivity contribution in [1.29, 1.82) is 0 Å². The van der Waals surface area contributed by atoms with Crippen LogP contribution in [0.5, 0.6) is 0 Å². The van der Waals surface area contributed by atoms with E-state index < -0.39 is 0 Å². The smallest absolute Gasteiger partial charge is 0.225 e. The van der Waals surface area contributed by atoms with Crippen molar-refractivity contribution in [3.05, 3.63) is 0 Å². The maximum absolute atomic E-state index is 12.8. The highest BCUT2D eigenvalue weighted by Crippen LogP contribution is 2.31. The largest absolute Gasteiger partial charge is 0.355 e. The molecule has 3 saturated heterocycles. The summed E-state index contributed by atoms with van der Waals surface area (Å²) < 4.78 is 0. The normalized spacial score (nSPS) is 28.8. The second-order valence-electron chi connectivity index (χ2n) is 10.4. The number of carbonyl (C=O) groups excluding carboxylic acids is 1. The molecule has 4 aliphatic rings. The Bertz CT molecular complexity index is 618. The van der Waals surface area contributed by atoms with Gasteiger partial charge in [-0.2, -0.15) is 0 Å². The lowest BCUT2D eigenvalue weighted by Gasteiger charge is -2.50. The third-order valence-corrected chi connectivity index (χ3v) is 8.30. The number of aliphatic imine (C=N–C) groups is 1. The molecule has 176 valence electrons. The molecule has 1 amide bonds. The van der Waals surface area contributed by atoms with Crippen molar-refractivity contribution in [2.24, 2.45) is 10.9 Å². The highest BCUT2D eigenvalue weighted by Gasteiger charge is 2.40. The fourth-order valence-corrected chi connectivity index (χ4v) is 6.15. The number of hydrogen-bond donors (Lipinski definition) is 2. The van der Waals surface area contributed by atoms with Gasteiger partial charge in [0.25, 0.3) is 0 Å². The van der Waals surface area contributed by atoms with E-state index in [1.807, 2.05) is 7.05 Å². The zero-order valence-electron chi connectivity index (χ0n) is 19.9. The molecular weight excluding hydrogens is 388 g/mol. The highest BCUT2D eigenvalue weighted by atomic mass is 16.2. The Hall–Kier alpha value is -1.34. The standard InChI is InChI=1S/C24H44N6O/c1-25-23(27-21-10-15-29(18-21)22(31)20-8-4-5-9-20)26-19-24(11-16-28(2)17-12-24)30-13-6-3-7-14-30/h20-21H,3-19H2,1-2H3,(H2,25,26,27). The monoisotopic (exact) mass is 432 g/mol. The first kappa shape index (κ1) is 22.8. The summed E-state index contributed by atoms with van der Waals surface area (Å²) >= 11 is 0. The molecule has 1 aliphatic carbocycles. The van der Waals surface area contributed by atoms with E-state index >= 15 is 0 Å². The number of hydrogen-bond acceptors (Lipinski definition) is 4. The Kier molecular flexibility index (Phi) is 7.75. The Morgan fingerprint density at radius 3 is 2.35 bits per heavy atom. The van der Waals surface area contributed by atoms with Crippen LogP contribution in [0.15, 0.2) is 4.99 Å². The number of likely N-dealkylation sites (tertiary alicyclic amines) is 3. The van der Waals surface area contributed by atoms with Gasteiger partial charge in [0.2, 0.25) is 5.91 Å². The Labute approximate surface area is 189 Å². The van der Waals surface area contributed by atoms with Gasteiger partial charge in [-0.15, -0.1) is 0 Å². The minimum Gasteiger partial charge on any atom is -0.355 e. The molecule has 7 nitrogen and oxygen atoms in total. The topological polar surface area (TPSA) is 63.2 Å². The molecule has 3 heterocycles. The van der Waals surface area contributed by atoms with Crippen molar-refractivity contribution in [1.82, 2.24) is 25.3 Å². The SMILES string of the molecule is CN=C(NCC1(N2CCCCC2)CCN(C)CC1)NC1CCN(C(=O)C2CCCC2)C1. The zero-order valence-corrected chi connectivity index (χ0v) is 19.9. The van der Waals surface area contributed by atoms with Crippen LogP contribution in [0.4, 0.5) is 0 Å². The fourth-order valence-electron chi connectivity index (χ4n) is 6.15. The molecule has 1 atom stereocenters. The summed E-state index contributed by atoms with van der Waals surface area (Å²) in [7, 11) is 4.11. The maximum Gasteiger partial charge on any atom is 0.225 e. The minimum absolute atomic E-state index is 0.241. The van der Waals surface area contributed by atoms with Gasteiger partial charge < -0.3 is 20.4 Å². The molecule has 0 aromatic heterocycles. The first-order chi connectivity index (χ1) is 15.1. The molecule has 0 aromatic rings. The van der Waals surface area contributed by atoms with E-state index in [-0.39, 0.29) is 11.5 Å². The minimum atomic E-state index is 0.241. The number of nitrogens with one attached hydrogen (secondary N) is 2. The van der Waals surface area contributed by atoms with E-state index in [1.54, 1.807) is 0 Å². The number of guanidine groups is 1. The van der Waals surface area contributed by atoms with Crippen LogP contribution >= 0.6 is 0 Å². The van der Waals surface area contributed by atoms with Crippen molar-refractivity contribution in [2.45, 2.75) is 75.8 Å². The van der Waals surface area contributed by atoms with Crippen molar-refractivity contribution >= 4 is 11.9 Å². The van der Waals surface area contributed by atoms with Gasteiger partial charge in [-0.05, 0) is 78.2 Å². The molecule has 7 heteroatoms. The summed E-state index contributed by atoms with van der Waals surface area (Å²) in [4.78, 5) is 24.6.